The molecule has 1 fully saturated rings. The number of thioether (sulfide) groups is 1. The van der Waals surface area contributed by atoms with Crippen LogP contribution < -0.4 is 5.32 Å². The van der Waals surface area contributed by atoms with Crippen molar-refractivity contribution in [1.82, 2.24) is 15.3 Å². The average Bonchev–Trinajstić information content (AvgIpc) is 2.73. The van der Waals surface area contributed by atoms with E-state index in [1.165, 1.54) is 31.0 Å². The highest BCUT2D eigenvalue weighted by molar-refractivity contribution is 8.00. The van der Waals surface area contributed by atoms with Crippen molar-refractivity contribution in [3.63, 3.8) is 0 Å². The summed E-state index contributed by atoms with van der Waals surface area (Å²) in [7, 11) is 0. The molecule has 0 bridgehead atoms. The molecule has 3 aromatic rings. The van der Waals surface area contributed by atoms with Crippen molar-refractivity contribution in [2.24, 2.45) is 0 Å². The largest absolute Gasteiger partial charge is 0.353 e. The third kappa shape index (κ3) is 4.65. The maximum atomic E-state index is 12.4. The van der Waals surface area contributed by atoms with Gasteiger partial charge in [0.05, 0.1) is 11.3 Å². The van der Waals surface area contributed by atoms with Crippen LogP contribution in [0.2, 0.25) is 5.02 Å². The second-order valence-electron chi connectivity index (χ2n) is 7.07. The monoisotopic (exact) mass is 411 g/mol. The summed E-state index contributed by atoms with van der Waals surface area (Å²) < 4.78 is 0. The zero-order valence-corrected chi connectivity index (χ0v) is 17.1. The van der Waals surface area contributed by atoms with Gasteiger partial charge in [-0.05, 0) is 31.0 Å². The molecule has 1 saturated carbocycles. The van der Waals surface area contributed by atoms with E-state index in [0.29, 0.717) is 22.6 Å². The fraction of sp³-hybridized carbons (Fsp3) is 0.318. The molecule has 4 rings (SSSR count). The highest BCUT2D eigenvalue weighted by atomic mass is 35.5. The molecule has 1 amide bonds. The standard InChI is InChI=1S/C22H22ClN3OS/c23-16-11-12-19-18(13-16)22(26-21(25-19)15-7-3-1-4-8-15)28-14-20(27)24-17-9-5-2-6-10-17/h1,3-4,7-8,11-13,17H,2,5-6,9-10,14H2,(H,24,27). The molecular weight excluding hydrogens is 390 g/mol. The van der Waals surface area contributed by atoms with Crippen molar-refractivity contribution in [1.29, 1.82) is 0 Å². The number of nitrogens with one attached hydrogen (secondary N) is 1. The minimum absolute atomic E-state index is 0.0620. The molecule has 0 saturated heterocycles. The number of benzene rings is 2. The molecule has 1 aliphatic carbocycles. The van der Waals surface area contributed by atoms with Crippen molar-refractivity contribution in [2.75, 3.05) is 5.75 Å². The Kier molecular flexibility index (Phi) is 6.13. The van der Waals surface area contributed by atoms with E-state index in [0.717, 1.165) is 34.3 Å². The van der Waals surface area contributed by atoms with Gasteiger partial charge in [0.25, 0.3) is 0 Å². The van der Waals surface area contributed by atoms with Crippen LogP contribution in [0.5, 0.6) is 0 Å². The summed E-state index contributed by atoms with van der Waals surface area (Å²) in [5.41, 5.74) is 1.78. The number of hydrogen-bond acceptors (Lipinski definition) is 4. The first-order chi connectivity index (χ1) is 13.7. The first-order valence-corrected chi connectivity index (χ1v) is 11.0. The average molecular weight is 412 g/mol. The van der Waals surface area contributed by atoms with Crippen LogP contribution in [0, 0.1) is 0 Å². The third-order valence-electron chi connectivity index (χ3n) is 4.97. The summed E-state index contributed by atoms with van der Waals surface area (Å²) in [6.45, 7) is 0. The van der Waals surface area contributed by atoms with E-state index in [4.69, 9.17) is 16.6 Å². The van der Waals surface area contributed by atoms with E-state index in [-0.39, 0.29) is 5.91 Å². The van der Waals surface area contributed by atoms with Crippen LogP contribution in [0.25, 0.3) is 22.3 Å². The number of rotatable bonds is 5. The van der Waals surface area contributed by atoms with Crippen LogP contribution in [0.4, 0.5) is 0 Å². The van der Waals surface area contributed by atoms with Gasteiger partial charge >= 0.3 is 0 Å². The van der Waals surface area contributed by atoms with Gasteiger partial charge in [-0.15, -0.1) is 0 Å². The Labute approximate surface area is 174 Å². The van der Waals surface area contributed by atoms with E-state index in [2.05, 4.69) is 10.3 Å². The van der Waals surface area contributed by atoms with Crippen LogP contribution in [0.15, 0.2) is 53.6 Å². The minimum Gasteiger partial charge on any atom is -0.353 e. The Morgan fingerprint density at radius 3 is 2.64 bits per heavy atom. The van der Waals surface area contributed by atoms with E-state index < -0.39 is 0 Å². The molecule has 144 valence electrons. The molecule has 0 atom stereocenters. The molecule has 1 aliphatic rings. The Balaban J connectivity index is 1.57. The molecule has 0 radical (unpaired) electrons. The molecule has 28 heavy (non-hydrogen) atoms. The summed E-state index contributed by atoms with van der Waals surface area (Å²) >= 11 is 7.64. The SMILES string of the molecule is O=C(CSc1nc(-c2ccccc2)nc2ccc(Cl)cc12)NC1CCCCC1. The molecule has 4 nitrogen and oxygen atoms in total. The minimum atomic E-state index is 0.0620. The quantitative estimate of drug-likeness (QED) is 0.445. The number of hydrogen-bond donors (Lipinski definition) is 1. The van der Waals surface area contributed by atoms with Gasteiger partial charge in [0, 0.05) is 22.0 Å². The highest BCUT2D eigenvalue weighted by Crippen LogP contribution is 2.30. The maximum Gasteiger partial charge on any atom is 0.230 e. The molecule has 6 heteroatoms. The van der Waals surface area contributed by atoms with Gasteiger partial charge in [-0.1, -0.05) is 73.0 Å². The van der Waals surface area contributed by atoms with Gasteiger partial charge in [-0.3, -0.25) is 4.79 Å². The first-order valence-electron chi connectivity index (χ1n) is 9.64. The smallest absolute Gasteiger partial charge is 0.230 e. The number of nitrogens with zero attached hydrogens (tertiary/aromatic N) is 2. The summed E-state index contributed by atoms with van der Waals surface area (Å²) in [6.07, 6.45) is 5.85. The lowest BCUT2D eigenvalue weighted by molar-refractivity contribution is -0.119. The molecule has 2 aromatic carbocycles. The second kappa shape index (κ2) is 8.93. The summed E-state index contributed by atoms with van der Waals surface area (Å²) in [4.78, 5) is 21.9. The lowest BCUT2D eigenvalue weighted by Gasteiger charge is -2.22. The van der Waals surface area contributed by atoms with Crippen LogP contribution >= 0.6 is 23.4 Å². The van der Waals surface area contributed by atoms with Crippen LogP contribution in [-0.4, -0.2) is 27.7 Å². The van der Waals surface area contributed by atoms with Crippen LogP contribution in [0.3, 0.4) is 0 Å². The number of fused-ring (bicyclic) bond motifs is 1. The van der Waals surface area contributed by atoms with Crippen molar-refractivity contribution < 1.29 is 4.79 Å². The number of halogens is 1. The summed E-state index contributed by atoms with van der Waals surface area (Å²) in [5, 5.41) is 5.46. The lowest BCUT2D eigenvalue weighted by Crippen LogP contribution is -2.37. The van der Waals surface area contributed by atoms with Gasteiger partial charge < -0.3 is 5.32 Å². The molecule has 0 unspecified atom stereocenters. The highest BCUT2D eigenvalue weighted by Gasteiger charge is 2.17. The van der Waals surface area contributed by atoms with E-state index in [9.17, 15) is 4.79 Å². The van der Waals surface area contributed by atoms with Crippen molar-refractivity contribution in [3.05, 3.63) is 53.6 Å². The van der Waals surface area contributed by atoms with Crippen molar-refractivity contribution in [3.8, 4) is 11.4 Å². The van der Waals surface area contributed by atoms with Gasteiger partial charge in [0.1, 0.15) is 5.03 Å². The molecule has 0 aliphatic heterocycles. The topological polar surface area (TPSA) is 54.9 Å². The Hall–Kier alpha value is -2.11. The van der Waals surface area contributed by atoms with Gasteiger partial charge in [0.2, 0.25) is 5.91 Å². The third-order valence-corrected chi connectivity index (χ3v) is 6.19. The van der Waals surface area contributed by atoms with Crippen LogP contribution in [-0.2, 0) is 4.79 Å². The molecular formula is C22H22ClN3OS. The Bertz CT molecular complexity index is 974. The second-order valence-corrected chi connectivity index (χ2v) is 8.47. The zero-order chi connectivity index (χ0) is 19.3. The zero-order valence-electron chi connectivity index (χ0n) is 15.5. The van der Waals surface area contributed by atoms with E-state index in [1.54, 1.807) is 0 Å². The predicted octanol–water partition coefficient (Wildman–Crippen LogP) is 5.49. The summed E-state index contributed by atoms with van der Waals surface area (Å²) in [6, 6.07) is 15.8. The van der Waals surface area contributed by atoms with Gasteiger partial charge in [-0.25, -0.2) is 9.97 Å². The van der Waals surface area contributed by atoms with Gasteiger partial charge in [-0.2, -0.15) is 0 Å². The van der Waals surface area contributed by atoms with Crippen LogP contribution in [0.1, 0.15) is 32.1 Å². The molecule has 1 aromatic heterocycles. The fourth-order valence-corrected chi connectivity index (χ4v) is 4.54. The van der Waals surface area contributed by atoms with E-state index in [1.807, 2.05) is 48.5 Å². The summed E-state index contributed by atoms with van der Waals surface area (Å²) in [5.74, 6) is 1.06. The number of amides is 1. The Morgan fingerprint density at radius 1 is 1.07 bits per heavy atom. The van der Waals surface area contributed by atoms with E-state index >= 15 is 0 Å². The lowest BCUT2D eigenvalue weighted by atomic mass is 9.95. The molecule has 0 spiro atoms. The number of carbonyl (C=O) groups is 1. The molecule has 1 heterocycles. The van der Waals surface area contributed by atoms with Gasteiger partial charge in [0.15, 0.2) is 5.82 Å². The first kappa shape index (κ1) is 19.2. The normalized spacial score (nSPS) is 14.9. The van der Waals surface area contributed by atoms with Crippen molar-refractivity contribution >= 4 is 40.2 Å². The maximum absolute atomic E-state index is 12.4. The number of carbonyl (C=O) groups excluding carboxylic acids is 1. The molecule has 1 N–H and O–H groups in total. The van der Waals surface area contributed by atoms with Crippen molar-refractivity contribution in [2.45, 2.75) is 43.2 Å². The Morgan fingerprint density at radius 2 is 1.86 bits per heavy atom. The number of aromatic nitrogens is 2. The predicted molar refractivity (Wildman–Crippen MR) is 116 cm³/mol. The fourth-order valence-electron chi connectivity index (χ4n) is 3.55.